The third kappa shape index (κ3) is 3.26. The summed E-state index contributed by atoms with van der Waals surface area (Å²) in [5.41, 5.74) is 9.99. The topological polar surface area (TPSA) is 0 Å². The van der Waals surface area contributed by atoms with Crippen molar-refractivity contribution in [2.75, 3.05) is 0 Å². The van der Waals surface area contributed by atoms with E-state index in [1.54, 1.807) is 0 Å². The lowest BCUT2D eigenvalue weighted by molar-refractivity contribution is 0.776. The first kappa shape index (κ1) is 24.7. The molecule has 1 aliphatic rings. The molecule has 0 saturated heterocycles. The standard InChI is InChI=1S/C45H28/c1-3-13-34(14-4-1)45(35-15-5-2-6-16-35)41-28-33(23-25-38(41)40-27-20-29-10-7-8-17-37(29)44(40)45)36-24-21-32-19-18-30-11-9-12-31-22-26-39(36)43(32)42(30)31/h1-28H. The summed E-state index contributed by atoms with van der Waals surface area (Å²) in [6.07, 6.45) is 0. The van der Waals surface area contributed by atoms with Crippen molar-refractivity contribution in [3.05, 3.63) is 192 Å². The second-order valence-corrected chi connectivity index (χ2v) is 12.4. The molecule has 0 saturated carbocycles. The van der Waals surface area contributed by atoms with Gasteiger partial charge < -0.3 is 0 Å². The normalized spacial score (nSPS) is 13.5. The summed E-state index contributed by atoms with van der Waals surface area (Å²) in [7, 11) is 0. The maximum absolute atomic E-state index is 2.50. The van der Waals surface area contributed by atoms with Gasteiger partial charge in [-0.05, 0) is 93.7 Å². The van der Waals surface area contributed by atoms with Crippen LogP contribution >= 0.6 is 0 Å². The zero-order chi connectivity index (χ0) is 29.5. The van der Waals surface area contributed by atoms with Crippen LogP contribution in [0.3, 0.4) is 0 Å². The lowest BCUT2D eigenvalue weighted by Gasteiger charge is -2.35. The van der Waals surface area contributed by atoms with E-state index in [0.29, 0.717) is 0 Å². The molecule has 0 heterocycles. The summed E-state index contributed by atoms with van der Waals surface area (Å²) < 4.78 is 0. The summed E-state index contributed by atoms with van der Waals surface area (Å²) in [4.78, 5) is 0. The average molecular weight is 569 g/mol. The molecule has 0 amide bonds. The fraction of sp³-hybridized carbons (Fsp3) is 0.0222. The quantitative estimate of drug-likeness (QED) is 0.186. The summed E-state index contributed by atoms with van der Waals surface area (Å²) in [6.45, 7) is 0. The highest BCUT2D eigenvalue weighted by atomic mass is 14.5. The average Bonchev–Trinajstić information content (AvgIpc) is 3.42. The first-order chi connectivity index (χ1) is 22.3. The van der Waals surface area contributed by atoms with Gasteiger partial charge in [0, 0.05) is 0 Å². The van der Waals surface area contributed by atoms with Crippen LogP contribution in [0.2, 0.25) is 0 Å². The number of benzene rings is 9. The molecular formula is C45H28. The van der Waals surface area contributed by atoms with Crippen molar-refractivity contribution >= 4 is 43.1 Å². The number of fused-ring (bicyclic) bond motifs is 5. The van der Waals surface area contributed by atoms with Gasteiger partial charge in [0.15, 0.2) is 0 Å². The zero-order valence-corrected chi connectivity index (χ0v) is 24.7. The molecule has 0 spiro atoms. The molecule has 0 unspecified atom stereocenters. The molecule has 0 nitrogen and oxygen atoms in total. The van der Waals surface area contributed by atoms with Crippen LogP contribution in [0.15, 0.2) is 170 Å². The molecule has 45 heavy (non-hydrogen) atoms. The smallest absolute Gasteiger partial charge is 0.0622 e. The third-order valence-corrected chi connectivity index (χ3v) is 10.3. The van der Waals surface area contributed by atoms with E-state index >= 15 is 0 Å². The van der Waals surface area contributed by atoms with Crippen molar-refractivity contribution in [2.45, 2.75) is 5.41 Å². The molecule has 0 N–H and O–H groups in total. The Bertz CT molecular complexity index is 2520. The van der Waals surface area contributed by atoms with Crippen LogP contribution in [0.5, 0.6) is 0 Å². The molecule has 0 heteroatoms. The van der Waals surface area contributed by atoms with Crippen LogP contribution < -0.4 is 0 Å². The van der Waals surface area contributed by atoms with E-state index in [0.717, 1.165) is 0 Å². The maximum atomic E-state index is 2.50. The largest absolute Gasteiger partial charge is 0.0719 e. The Balaban J connectivity index is 1.33. The van der Waals surface area contributed by atoms with Crippen LogP contribution in [-0.4, -0.2) is 0 Å². The fourth-order valence-corrected chi connectivity index (χ4v) is 8.42. The Kier molecular flexibility index (Phi) is 5.02. The highest BCUT2D eigenvalue weighted by molar-refractivity contribution is 6.25. The van der Waals surface area contributed by atoms with E-state index in [1.165, 1.54) is 87.6 Å². The highest BCUT2D eigenvalue weighted by Gasteiger charge is 2.47. The zero-order valence-electron chi connectivity index (χ0n) is 24.7. The molecule has 0 aromatic heterocycles. The summed E-state index contributed by atoms with van der Waals surface area (Å²) >= 11 is 0. The molecule has 0 fully saturated rings. The first-order valence-corrected chi connectivity index (χ1v) is 15.8. The molecule has 0 bridgehead atoms. The van der Waals surface area contributed by atoms with Gasteiger partial charge in [-0.1, -0.05) is 164 Å². The van der Waals surface area contributed by atoms with Gasteiger partial charge in [0.1, 0.15) is 0 Å². The number of rotatable bonds is 3. The second kappa shape index (κ2) is 9.14. The monoisotopic (exact) mass is 568 g/mol. The van der Waals surface area contributed by atoms with Gasteiger partial charge in [-0.3, -0.25) is 0 Å². The van der Waals surface area contributed by atoms with Crippen molar-refractivity contribution < 1.29 is 0 Å². The van der Waals surface area contributed by atoms with E-state index in [9.17, 15) is 0 Å². The predicted molar refractivity (Wildman–Crippen MR) is 190 cm³/mol. The van der Waals surface area contributed by atoms with Gasteiger partial charge in [0.2, 0.25) is 0 Å². The Labute approximate surface area is 262 Å². The van der Waals surface area contributed by atoms with Gasteiger partial charge >= 0.3 is 0 Å². The minimum Gasteiger partial charge on any atom is -0.0622 e. The molecular weight excluding hydrogens is 540 g/mol. The molecule has 0 radical (unpaired) electrons. The minimum absolute atomic E-state index is 0.464. The first-order valence-electron chi connectivity index (χ1n) is 15.8. The Morgan fingerprint density at radius 2 is 0.889 bits per heavy atom. The molecule has 0 atom stereocenters. The van der Waals surface area contributed by atoms with Gasteiger partial charge in [0.25, 0.3) is 0 Å². The van der Waals surface area contributed by atoms with E-state index in [4.69, 9.17) is 0 Å². The minimum atomic E-state index is -0.464. The van der Waals surface area contributed by atoms with Crippen molar-refractivity contribution in [3.63, 3.8) is 0 Å². The van der Waals surface area contributed by atoms with Crippen molar-refractivity contribution in [3.8, 4) is 22.3 Å². The summed E-state index contributed by atoms with van der Waals surface area (Å²) in [5, 5.41) is 10.5. The lowest BCUT2D eigenvalue weighted by Crippen LogP contribution is -2.28. The SMILES string of the molecule is c1ccc(C2(c3ccccc3)c3cc(-c4ccc5ccc6cccc7ccc4c5c67)ccc3-c3ccc4ccccc4c32)cc1. The van der Waals surface area contributed by atoms with E-state index < -0.39 is 5.41 Å². The molecule has 10 rings (SSSR count). The van der Waals surface area contributed by atoms with E-state index in [1.807, 2.05) is 0 Å². The molecule has 0 aliphatic heterocycles. The van der Waals surface area contributed by atoms with Crippen molar-refractivity contribution in [1.82, 2.24) is 0 Å². The van der Waals surface area contributed by atoms with Gasteiger partial charge in [-0.15, -0.1) is 0 Å². The molecule has 9 aromatic carbocycles. The van der Waals surface area contributed by atoms with Crippen LogP contribution in [-0.2, 0) is 5.41 Å². The van der Waals surface area contributed by atoms with Crippen LogP contribution in [0.25, 0.3) is 65.3 Å². The lowest BCUT2D eigenvalue weighted by atomic mass is 9.66. The van der Waals surface area contributed by atoms with Crippen LogP contribution in [0, 0.1) is 0 Å². The Morgan fingerprint density at radius 1 is 0.333 bits per heavy atom. The van der Waals surface area contributed by atoms with E-state index in [-0.39, 0.29) is 0 Å². The molecule has 208 valence electrons. The molecule has 9 aromatic rings. The Morgan fingerprint density at radius 3 is 1.64 bits per heavy atom. The van der Waals surface area contributed by atoms with Gasteiger partial charge in [0.05, 0.1) is 5.41 Å². The predicted octanol–water partition coefficient (Wildman–Crippen LogP) is 11.8. The fourth-order valence-electron chi connectivity index (χ4n) is 8.42. The molecule has 1 aliphatic carbocycles. The third-order valence-electron chi connectivity index (χ3n) is 10.3. The van der Waals surface area contributed by atoms with Crippen molar-refractivity contribution in [2.24, 2.45) is 0 Å². The Hall–Kier alpha value is -5.72. The highest BCUT2D eigenvalue weighted by Crippen LogP contribution is 2.58. The summed E-state index contributed by atoms with van der Waals surface area (Å²) in [6, 6.07) is 63.4. The number of hydrogen-bond acceptors (Lipinski definition) is 0. The second-order valence-electron chi connectivity index (χ2n) is 12.4. The van der Waals surface area contributed by atoms with Gasteiger partial charge in [-0.25, -0.2) is 0 Å². The summed E-state index contributed by atoms with van der Waals surface area (Å²) in [5.74, 6) is 0. The van der Waals surface area contributed by atoms with Gasteiger partial charge in [-0.2, -0.15) is 0 Å². The van der Waals surface area contributed by atoms with Crippen LogP contribution in [0.4, 0.5) is 0 Å². The van der Waals surface area contributed by atoms with Crippen molar-refractivity contribution in [1.29, 1.82) is 0 Å². The maximum Gasteiger partial charge on any atom is 0.0719 e. The number of hydrogen-bond donors (Lipinski definition) is 0. The van der Waals surface area contributed by atoms with E-state index in [2.05, 4.69) is 170 Å². The van der Waals surface area contributed by atoms with Crippen LogP contribution in [0.1, 0.15) is 22.3 Å².